The van der Waals surface area contributed by atoms with E-state index in [0.717, 1.165) is 70.8 Å². The van der Waals surface area contributed by atoms with E-state index in [1.165, 1.54) is 12.8 Å². The van der Waals surface area contributed by atoms with E-state index in [1.54, 1.807) is 4.52 Å². The van der Waals surface area contributed by atoms with Crippen molar-refractivity contribution < 1.29 is 4.74 Å². The van der Waals surface area contributed by atoms with E-state index in [4.69, 9.17) is 21.2 Å². The van der Waals surface area contributed by atoms with Crippen LogP contribution in [0.15, 0.2) is 42.7 Å². The third kappa shape index (κ3) is 3.98. The fraction of sp³-hybridized carbons (Fsp3) is 0.375. The van der Waals surface area contributed by atoms with Crippen LogP contribution in [0.2, 0.25) is 0 Å². The van der Waals surface area contributed by atoms with Crippen LogP contribution in [-0.4, -0.2) is 38.8 Å². The van der Waals surface area contributed by atoms with Crippen LogP contribution in [0.4, 0.5) is 5.82 Å². The molecule has 2 fully saturated rings. The van der Waals surface area contributed by atoms with Gasteiger partial charge in [0.1, 0.15) is 5.82 Å². The number of nitrogens with zero attached hydrogens (tertiary/aromatic N) is 4. The number of aromatic nitrogens is 4. The molecule has 2 aliphatic rings. The molecule has 1 aliphatic heterocycles. The average molecular weight is 417 g/mol. The van der Waals surface area contributed by atoms with Crippen LogP contribution in [0.1, 0.15) is 42.9 Å². The van der Waals surface area contributed by atoms with Crippen molar-refractivity contribution in [2.75, 3.05) is 18.9 Å². The predicted molar refractivity (Wildman–Crippen MR) is 123 cm³/mol. The van der Waals surface area contributed by atoms with Crippen LogP contribution in [0, 0.1) is 6.92 Å². The molecule has 3 aromatic heterocycles. The quantitative estimate of drug-likeness (QED) is 0.514. The van der Waals surface area contributed by atoms with Gasteiger partial charge in [-0.1, -0.05) is 18.2 Å². The Morgan fingerprint density at radius 1 is 1.06 bits per heavy atom. The number of nitrogens with two attached hydrogens (primary N) is 2. The molecule has 6 rings (SSSR count). The molecule has 1 saturated carbocycles. The summed E-state index contributed by atoms with van der Waals surface area (Å²) < 4.78 is 6.83. The summed E-state index contributed by atoms with van der Waals surface area (Å²) in [4.78, 5) is 9.36. The molecular weight excluding hydrogens is 388 g/mol. The van der Waals surface area contributed by atoms with Crippen LogP contribution in [-0.2, 0) is 4.74 Å². The molecule has 0 spiro atoms. The molecule has 31 heavy (non-hydrogen) atoms. The Labute approximate surface area is 181 Å². The minimum absolute atomic E-state index is 0.411. The third-order valence-corrected chi connectivity index (χ3v) is 6.06. The van der Waals surface area contributed by atoms with Gasteiger partial charge in [0, 0.05) is 53.2 Å². The van der Waals surface area contributed by atoms with Gasteiger partial charge in [0.2, 0.25) is 0 Å². The first-order valence-electron chi connectivity index (χ1n) is 10.9. The summed E-state index contributed by atoms with van der Waals surface area (Å²) in [5.74, 6) is 1.27. The fourth-order valence-electron chi connectivity index (χ4n) is 4.16. The number of hydrogen-bond acceptors (Lipinski definition) is 6. The predicted octanol–water partition coefficient (Wildman–Crippen LogP) is 3.84. The maximum atomic E-state index is 6.39. The highest BCUT2D eigenvalue weighted by Gasteiger charge is 2.30. The molecular formula is C24H28N6O. The van der Waals surface area contributed by atoms with Crippen LogP contribution in [0.5, 0.6) is 0 Å². The summed E-state index contributed by atoms with van der Waals surface area (Å²) in [7, 11) is 0. The van der Waals surface area contributed by atoms with E-state index in [2.05, 4.69) is 22.2 Å². The number of anilines is 1. The molecule has 0 atom stereocenters. The van der Waals surface area contributed by atoms with Gasteiger partial charge in [-0.25, -0.2) is 4.98 Å². The fourth-order valence-corrected chi connectivity index (χ4v) is 4.16. The number of rotatable bonds is 2. The Hall–Kier alpha value is -3.03. The minimum atomic E-state index is 0.411. The number of benzene rings is 1. The van der Waals surface area contributed by atoms with Crippen LogP contribution < -0.4 is 11.5 Å². The average Bonchev–Trinajstić information content (AvgIpc) is 3.52. The van der Waals surface area contributed by atoms with Gasteiger partial charge in [0.15, 0.2) is 5.65 Å². The van der Waals surface area contributed by atoms with Crippen molar-refractivity contribution in [1.29, 1.82) is 0 Å². The van der Waals surface area contributed by atoms with Crippen molar-refractivity contribution in [2.45, 2.75) is 44.6 Å². The van der Waals surface area contributed by atoms with Gasteiger partial charge in [-0.2, -0.15) is 9.61 Å². The second-order valence-electron chi connectivity index (χ2n) is 8.43. The lowest BCUT2D eigenvalue weighted by atomic mass is 10.1. The smallest absolute Gasteiger partial charge is 0.165 e. The SMILES string of the molecule is Cc1nc2c(-c3cnc4ccccc4c3)cnn2c(N)c1C1CC1.NC1CCOCC1. The molecule has 0 bridgehead atoms. The number of aryl methyl sites for hydroxylation is 1. The zero-order valence-electron chi connectivity index (χ0n) is 17.8. The lowest BCUT2D eigenvalue weighted by molar-refractivity contribution is 0.0866. The van der Waals surface area contributed by atoms with E-state index >= 15 is 0 Å². The summed E-state index contributed by atoms with van der Waals surface area (Å²) >= 11 is 0. The molecule has 1 aliphatic carbocycles. The molecule has 4 N–H and O–H groups in total. The van der Waals surface area contributed by atoms with Crippen molar-refractivity contribution in [3.63, 3.8) is 0 Å². The maximum Gasteiger partial charge on any atom is 0.165 e. The van der Waals surface area contributed by atoms with Gasteiger partial charge in [-0.05, 0) is 50.7 Å². The first-order valence-corrected chi connectivity index (χ1v) is 10.9. The van der Waals surface area contributed by atoms with Crippen molar-refractivity contribution in [2.24, 2.45) is 5.73 Å². The van der Waals surface area contributed by atoms with Gasteiger partial charge in [0.25, 0.3) is 0 Å². The summed E-state index contributed by atoms with van der Waals surface area (Å²) in [5.41, 5.74) is 17.9. The summed E-state index contributed by atoms with van der Waals surface area (Å²) in [5, 5.41) is 5.59. The number of nitrogen functional groups attached to an aromatic ring is 1. The van der Waals surface area contributed by atoms with E-state index < -0.39 is 0 Å². The van der Waals surface area contributed by atoms with Gasteiger partial charge < -0.3 is 16.2 Å². The second-order valence-corrected chi connectivity index (χ2v) is 8.43. The van der Waals surface area contributed by atoms with Crippen LogP contribution >= 0.6 is 0 Å². The highest BCUT2D eigenvalue weighted by atomic mass is 16.5. The first-order chi connectivity index (χ1) is 15.1. The molecule has 4 heterocycles. The number of fused-ring (bicyclic) bond motifs is 2. The summed E-state index contributed by atoms with van der Waals surface area (Å²) in [6, 6.07) is 10.6. The van der Waals surface area contributed by atoms with Gasteiger partial charge in [-0.15, -0.1) is 0 Å². The van der Waals surface area contributed by atoms with Gasteiger partial charge in [-0.3, -0.25) is 4.98 Å². The Balaban J connectivity index is 0.000000250. The second kappa shape index (κ2) is 8.24. The molecule has 4 aromatic rings. The van der Waals surface area contributed by atoms with E-state index in [-0.39, 0.29) is 0 Å². The molecule has 7 nitrogen and oxygen atoms in total. The van der Waals surface area contributed by atoms with Crippen molar-refractivity contribution in [3.8, 4) is 11.1 Å². The largest absolute Gasteiger partial charge is 0.383 e. The molecule has 0 radical (unpaired) electrons. The third-order valence-electron chi connectivity index (χ3n) is 6.06. The molecule has 160 valence electrons. The van der Waals surface area contributed by atoms with E-state index in [0.29, 0.717) is 12.0 Å². The van der Waals surface area contributed by atoms with Crippen molar-refractivity contribution >= 4 is 22.4 Å². The first kappa shape index (κ1) is 19.9. The highest BCUT2D eigenvalue weighted by molar-refractivity contribution is 5.87. The molecule has 0 unspecified atom stereocenters. The Morgan fingerprint density at radius 3 is 2.55 bits per heavy atom. The number of hydrogen-bond donors (Lipinski definition) is 2. The lowest BCUT2D eigenvalue weighted by Gasteiger charge is -2.16. The Kier molecular flexibility index (Phi) is 5.29. The number of pyridine rings is 1. The van der Waals surface area contributed by atoms with Crippen LogP contribution in [0.3, 0.4) is 0 Å². The molecule has 1 aromatic carbocycles. The Morgan fingerprint density at radius 2 is 1.84 bits per heavy atom. The molecule has 7 heteroatoms. The highest BCUT2D eigenvalue weighted by Crippen LogP contribution is 2.44. The zero-order valence-corrected chi connectivity index (χ0v) is 17.8. The van der Waals surface area contributed by atoms with Gasteiger partial charge in [0.05, 0.1) is 11.7 Å². The molecule has 1 saturated heterocycles. The summed E-state index contributed by atoms with van der Waals surface area (Å²) in [6.07, 6.45) is 8.18. The van der Waals surface area contributed by atoms with Crippen molar-refractivity contribution in [1.82, 2.24) is 19.6 Å². The monoisotopic (exact) mass is 416 g/mol. The Bertz CT molecular complexity index is 1220. The van der Waals surface area contributed by atoms with E-state index in [1.807, 2.05) is 37.5 Å². The molecule has 0 amide bonds. The van der Waals surface area contributed by atoms with Crippen LogP contribution in [0.25, 0.3) is 27.7 Å². The van der Waals surface area contributed by atoms with E-state index in [9.17, 15) is 0 Å². The van der Waals surface area contributed by atoms with Crippen molar-refractivity contribution in [3.05, 3.63) is 54.0 Å². The summed E-state index contributed by atoms with van der Waals surface area (Å²) in [6.45, 7) is 3.77. The normalized spacial score (nSPS) is 17.0. The minimum Gasteiger partial charge on any atom is -0.383 e. The number of para-hydroxylation sites is 1. The van der Waals surface area contributed by atoms with Gasteiger partial charge >= 0.3 is 0 Å². The topological polar surface area (TPSA) is 104 Å². The zero-order chi connectivity index (χ0) is 21.4. The lowest BCUT2D eigenvalue weighted by Crippen LogP contribution is -2.28. The maximum absolute atomic E-state index is 6.39. The number of ether oxygens (including phenoxy) is 1. The standard InChI is InChI=1S/C19H17N5.C5H11NO/c1-11-17(12-6-7-12)18(20)24-19(23-11)15(10-22-24)14-8-13-4-2-3-5-16(13)21-9-14;6-5-1-3-7-4-2-5/h2-5,8-10,12H,6-7,20H2,1H3;5H,1-4,6H2.